The number of rotatable bonds is 10. The van der Waals surface area contributed by atoms with Crippen molar-refractivity contribution in [2.45, 2.75) is 77.9 Å². The Labute approximate surface area is 236 Å². The average molecular weight is 583 g/mol. The van der Waals surface area contributed by atoms with Crippen molar-refractivity contribution >= 4 is 50.7 Å². The smallest absolute Gasteiger partial charge is 0.244 e. The molecule has 0 aliphatic heterocycles. The van der Waals surface area contributed by atoms with Gasteiger partial charge in [0.25, 0.3) is 0 Å². The van der Waals surface area contributed by atoms with Crippen LogP contribution in [0.1, 0.15) is 62.1 Å². The molecule has 0 saturated heterocycles. The molecular weight excluding hydrogens is 545 g/mol. The monoisotopic (exact) mass is 581 g/mol. The summed E-state index contributed by atoms with van der Waals surface area (Å²) in [5.74, 6) is -0.735. The van der Waals surface area contributed by atoms with Crippen LogP contribution < -0.4 is 9.62 Å². The van der Waals surface area contributed by atoms with Crippen molar-refractivity contribution in [1.82, 2.24) is 10.2 Å². The second-order valence-corrected chi connectivity index (χ2v) is 12.9. The van der Waals surface area contributed by atoms with Crippen LogP contribution in [0.15, 0.2) is 36.4 Å². The predicted molar refractivity (Wildman–Crippen MR) is 154 cm³/mol. The summed E-state index contributed by atoms with van der Waals surface area (Å²) in [6.07, 6.45) is 6.53. The number of sulfonamides is 1. The Kier molecular flexibility index (Phi) is 10.5. The number of nitrogens with one attached hydrogen (secondary N) is 1. The van der Waals surface area contributed by atoms with E-state index in [-0.39, 0.29) is 18.5 Å². The van der Waals surface area contributed by atoms with Gasteiger partial charge < -0.3 is 10.2 Å². The number of benzene rings is 2. The van der Waals surface area contributed by atoms with Crippen molar-refractivity contribution in [2.75, 3.05) is 17.1 Å². The van der Waals surface area contributed by atoms with Gasteiger partial charge >= 0.3 is 0 Å². The maximum Gasteiger partial charge on any atom is 0.244 e. The molecule has 0 aromatic heterocycles. The van der Waals surface area contributed by atoms with Crippen molar-refractivity contribution < 1.29 is 18.0 Å². The van der Waals surface area contributed by atoms with Crippen LogP contribution in [0.2, 0.25) is 10.0 Å². The fourth-order valence-electron chi connectivity index (χ4n) is 5.01. The van der Waals surface area contributed by atoms with Crippen molar-refractivity contribution in [3.8, 4) is 0 Å². The maximum absolute atomic E-state index is 13.9. The van der Waals surface area contributed by atoms with Gasteiger partial charge in [-0.15, -0.1) is 0 Å². The van der Waals surface area contributed by atoms with Gasteiger partial charge in [-0.1, -0.05) is 61.5 Å². The van der Waals surface area contributed by atoms with E-state index in [4.69, 9.17) is 23.2 Å². The normalized spacial score (nSPS) is 15.1. The quantitative estimate of drug-likeness (QED) is 0.393. The Morgan fingerprint density at radius 3 is 2.21 bits per heavy atom. The number of hydrogen-bond acceptors (Lipinski definition) is 4. The lowest BCUT2D eigenvalue weighted by Crippen LogP contribution is -2.54. The van der Waals surface area contributed by atoms with Crippen LogP contribution >= 0.6 is 23.2 Å². The maximum atomic E-state index is 13.9. The Hall–Kier alpha value is -2.29. The minimum atomic E-state index is -3.80. The van der Waals surface area contributed by atoms with E-state index in [1.165, 1.54) is 4.90 Å². The summed E-state index contributed by atoms with van der Waals surface area (Å²) in [5.41, 5.74) is 2.78. The van der Waals surface area contributed by atoms with Gasteiger partial charge in [0.15, 0.2) is 0 Å². The molecule has 10 heteroatoms. The van der Waals surface area contributed by atoms with E-state index in [1.54, 1.807) is 30.3 Å². The molecule has 0 radical (unpaired) electrons. The molecule has 1 fully saturated rings. The van der Waals surface area contributed by atoms with Gasteiger partial charge in [-0.05, 0) is 74.1 Å². The van der Waals surface area contributed by atoms with Gasteiger partial charge in [-0.25, -0.2) is 8.42 Å². The molecule has 208 valence electrons. The van der Waals surface area contributed by atoms with Crippen LogP contribution in [0, 0.1) is 13.8 Å². The molecule has 0 bridgehead atoms. The molecule has 1 saturated carbocycles. The van der Waals surface area contributed by atoms with Gasteiger partial charge in [-0.2, -0.15) is 0 Å². The molecule has 7 nitrogen and oxygen atoms in total. The first-order chi connectivity index (χ1) is 17.9. The number of aryl methyl sites for hydroxylation is 2. The SMILES string of the molecule is CCC(C(=O)NC1CCCCC1)N(Cc1ccc(Cl)cc1Cl)C(=O)CN(c1cc(C)cc(C)c1)S(C)(=O)=O. The molecule has 2 aromatic rings. The highest BCUT2D eigenvalue weighted by molar-refractivity contribution is 7.92. The van der Waals surface area contributed by atoms with E-state index in [2.05, 4.69) is 5.32 Å². The fraction of sp³-hybridized carbons (Fsp3) is 0.500. The van der Waals surface area contributed by atoms with E-state index in [0.29, 0.717) is 27.7 Å². The Morgan fingerprint density at radius 1 is 1.03 bits per heavy atom. The number of carbonyl (C=O) groups is 2. The van der Waals surface area contributed by atoms with E-state index in [1.807, 2.05) is 26.8 Å². The molecule has 3 rings (SSSR count). The molecule has 1 aliphatic carbocycles. The topological polar surface area (TPSA) is 86.8 Å². The zero-order valence-electron chi connectivity index (χ0n) is 22.5. The van der Waals surface area contributed by atoms with Crippen LogP contribution in [0.4, 0.5) is 5.69 Å². The van der Waals surface area contributed by atoms with Crippen molar-refractivity contribution in [2.24, 2.45) is 0 Å². The summed E-state index contributed by atoms with van der Waals surface area (Å²) in [4.78, 5) is 28.8. The van der Waals surface area contributed by atoms with E-state index >= 15 is 0 Å². The zero-order valence-corrected chi connectivity index (χ0v) is 24.8. The number of nitrogens with zero attached hydrogens (tertiary/aromatic N) is 2. The van der Waals surface area contributed by atoms with Crippen LogP contribution in [-0.2, 0) is 26.2 Å². The minimum Gasteiger partial charge on any atom is -0.352 e. The molecule has 1 unspecified atom stereocenters. The van der Waals surface area contributed by atoms with Gasteiger partial charge in [0, 0.05) is 22.6 Å². The largest absolute Gasteiger partial charge is 0.352 e. The van der Waals surface area contributed by atoms with Crippen molar-refractivity contribution in [3.63, 3.8) is 0 Å². The summed E-state index contributed by atoms with van der Waals surface area (Å²) in [7, 11) is -3.80. The van der Waals surface area contributed by atoms with Crippen LogP contribution in [-0.4, -0.2) is 50.0 Å². The number of anilines is 1. The van der Waals surface area contributed by atoms with Gasteiger partial charge in [0.05, 0.1) is 11.9 Å². The highest BCUT2D eigenvalue weighted by Crippen LogP contribution is 2.26. The van der Waals surface area contributed by atoms with E-state index in [9.17, 15) is 18.0 Å². The summed E-state index contributed by atoms with van der Waals surface area (Å²) < 4.78 is 26.8. The van der Waals surface area contributed by atoms with Crippen LogP contribution in [0.25, 0.3) is 0 Å². The van der Waals surface area contributed by atoms with Gasteiger partial charge in [0.1, 0.15) is 12.6 Å². The summed E-state index contributed by atoms with van der Waals surface area (Å²) in [6, 6.07) is 9.65. The standard InChI is InChI=1S/C28H37Cl2N3O4S/c1-5-26(28(35)31-23-9-7-6-8-10-23)32(17-21-11-12-22(29)16-25(21)30)27(34)18-33(38(4,36)37)24-14-19(2)13-20(3)15-24/h11-16,23,26H,5-10,17-18H2,1-4H3,(H,31,35). The first-order valence-electron chi connectivity index (χ1n) is 13.0. The van der Waals surface area contributed by atoms with Crippen LogP contribution in [0.3, 0.4) is 0 Å². The number of amides is 2. The zero-order chi connectivity index (χ0) is 28.0. The molecule has 1 aliphatic rings. The molecule has 0 heterocycles. The number of halogens is 2. The number of hydrogen-bond donors (Lipinski definition) is 1. The highest BCUT2D eigenvalue weighted by atomic mass is 35.5. The predicted octanol–water partition coefficient (Wildman–Crippen LogP) is 5.63. The lowest BCUT2D eigenvalue weighted by Gasteiger charge is -2.34. The third kappa shape index (κ3) is 8.10. The Bertz CT molecular complexity index is 1240. The first kappa shape index (κ1) is 30.3. The van der Waals surface area contributed by atoms with Gasteiger partial charge in [-0.3, -0.25) is 13.9 Å². The minimum absolute atomic E-state index is 0.0376. The Morgan fingerprint density at radius 2 is 1.66 bits per heavy atom. The van der Waals surface area contributed by atoms with E-state index in [0.717, 1.165) is 53.8 Å². The highest BCUT2D eigenvalue weighted by Gasteiger charge is 2.33. The third-order valence-corrected chi connectivity index (χ3v) is 8.59. The lowest BCUT2D eigenvalue weighted by atomic mass is 9.95. The molecule has 1 atom stereocenters. The second-order valence-electron chi connectivity index (χ2n) is 10.1. The Balaban J connectivity index is 1.96. The van der Waals surface area contributed by atoms with Crippen LogP contribution in [0.5, 0.6) is 0 Å². The second kappa shape index (κ2) is 13.2. The summed E-state index contributed by atoms with van der Waals surface area (Å²) >= 11 is 12.5. The summed E-state index contributed by atoms with van der Waals surface area (Å²) in [5, 5.41) is 3.95. The van der Waals surface area contributed by atoms with E-state index < -0.39 is 28.5 Å². The van der Waals surface area contributed by atoms with Gasteiger partial charge in [0.2, 0.25) is 21.8 Å². The molecule has 0 spiro atoms. The lowest BCUT2D eigenvalue weighted by molar-refractivity contribution is -0.140. The third-order valence-electron chi connectivity index (χ3n) is 6.87. The van der Waals surface area contributed by atoms with Crippen molar-refractivity contribution in [3.05, 3.63) is 63.1 Å². The molecular formula is C28H37Cl2N3O4S. The fourth-order valence-corrected chi connectivity index (χ4v) is 6.31. The molecule has 2 aromatic carbocycles. The average Bonchev–Trinajstić information content (AvgIpc) is 2.82. The first-order valence-corrected chi connectivity index (χ1v) is 15.6. The summed E-state index contributed by atoms with van der Waals surface area (Å²) in [6.45, 7) is 5.18. The molecule has 2 amide bonds. The molecule has 38 heavy (non-hydrogen) atoms. The van der Waals surface area contributed by atoms with Crippen molar-refractivity contribution in [1.29, 1.82) is 0 Å². The molecule has 1 N–H and O–H groups in total. The number of carbonyl (C=O) groups excluding carboxylic acids is 2.